The van der Waals surface area contributed by atoms with Crippen molar-refractivity contribution in [2.45, 2.75) is 6.10 Å². The van der Waals surface area contributed by atoms with Gasteiger partial charge in [0.1, 0.15) is 11.9 Å². The molecular weight excluding hydrogens is 301 g/mol. The predicted molar refractivity (Wildman–Crippen MR) is 85.6 cm³/mol. The summed E-state index contributed by atoms with van der Waals surface area (Å²) in [6.07, 6.45) is -0.616. The van der Waals surface area contributed by atoms with Crippen molar-refractivity contribution in [3.8, 4) is 0 Å². The average Bonchev–Trinajstić information content (AvgIpc) is 2.87. The second-order valence-corrected chi connectivity index (χ2v) is 6.11. The fraction of sp³-hybridized carbons (Fsp3) is 0.562. The Morgan fingerprint density at radius 2 is 2.04 bits per heavy atom. The molecule has 2 fully saturated rings. The topological polar surface area (TPSA) is 45.2 Å². The molecule has 3 rings (SSSR count). The summed E-state index contributed by atoms with van der Waals surface area (Å²) in [6.45, 7) is 3.64. The first-order valence-corrected chi connectivity index (χ1v) is 7.79. The van der Waals surface area contributed by atoms with E-state index in [0.29, 0.717) is 50.8 Å². The van der Waals surface area contributed by atoms with Crippen LogP contribution in [0.25, 0.3) is 0 Å². The minimum atomic E-state index is -0.421. The molecule has 0 unspecified atom stereocenters. The molecule has 23 heavy (non-hydrogen) atoms. The molecule has 2 aliphatic heterocycles. The van der Waals surface area contributed by atoms with Gasteiger partial charge in [0, 0.05) is 19.6 Å². The van der Waals surface area contributed by atoms with E-state index >= 15 is 0 Å². The Labute approximate surface area is 135 Å². The zero-order valence-corrected chi connectivity index (χ0v) is 13.5. The molecule has 2 saturated heterocycles. The highest BCUT2D eigenvalue weighted by molar-refractivity contribution is 5.90. The summed E-state index contributed by atoms with van der Waals surface area (Å²) in [5, 5.41) is 0. The zero-order chi connectivity index (χ0) is 16.4. The molecule has 1 aromatic carbocycles. The van der Waals surface area contributed by atoms with Gasteiger partial charge in [-0.1, -0.05) is 0 Å². The van der Waals surface area contributed by atoms with Gasteiger partial charge in [-0.05, 0) is 32.3 Å². The number of anilines is 2. The van der Waals surface area contributed by atoms with Crippen LogP contribution in [-0.4, -0.2) is 70.6 Å². The minimum absolute atomic E-state index is 0.195. The van der Waals surface area contributed by atoms with Gasteiger partial charge in [-0.25, -0.2) is 9.18 Å². The number of morpholine rings is 1. The van der Waals surface area contributed by atoms with Crippen LogP contribution < -0.4 is 9.80 Å². The number of halogens is 1. The van der Waals surface area contributed by atoms with Crippen molar-refractivity contribution in [1.82, 2.24) is 4.90 Å². The van der Waals surface area contributed by atoms with Gasteiger partial charge in [0.25, 0.3) is 0 Å². The molecule has 6 nitrogen and oxygen atoms in total. The summed E-state index contributed by atoms with van der Waals surface area (Å²) >= 11 is 0. The molecule has 1 atom stereocenters. The largest absolute Gasteiger partial charge is 0.443 e. The van der Waals surface area contributed by atoms with Gasteiger partial charge < -0.3 is 19.3 Å². The molecule has 0 bridgehead atoms. The van der Waals surface area contributed by atoms with Crippen molar-refractivity contribution < 1.29 is 18.7 Å². The third-order valence-corrected chi connectivity index (χ3v) is 4.04. The fourth-order valence-electron chi connectivity index (χ4n) is 2.96. The van der Waals surface area contributed by atoms with Crippen LogP contribution in [0.4, 0.5) is 20.6 Å². The van der Waals surface area contributed by atoms with Crippen LogP contribution in [-0.2, 0) is 9.47 Å². The highest BCUT2D eigenvalue weighted by Gasteiger charge is 2.33. The maximum absolute atomic E-state index is 14.5. The van der Waals surface area contributed by atoms with Crippen molar-refractivity contribution in [3.63, 3.8) is 0 Å². The number of nitrogens with zero attached hydrogens (tertiary/aromatic N) is 3. The lowest BCUT2D eigenvalue weighted by Crippen LogP contribution is -2.36. The van der Waals surface area contributed by atoms with Crippen molar-refractivity contribution in [2.24, 2.45) is 0 Å². The Morgan fingerprint density at radius 1 is 1.30 bits per heavy atom. The first kappa shape index (κ1) is 16.0. The lowest BCUT2D eigenvalue weighted by molar-refractivity contribution is 0.122. The van der Waals surface area contributed by atoms with Gasteiger partial charge >= 0.3 is 6.09 Å². The first-order valence-electron chi connectivity index (χ1n) is 7.79. The van der Waals surface area contributed by atoms with E-state index in [4.69, 9.17) is 9.47 Å². The summed E-state index contributed by atoms with van der Waals surface area (Å²) in [6, 6.07) is 4.90. The van der Waals surface area contributed by atoms with Crippen LogP contribution in [0.3, 0.4) is 0 Å². The van der Waals surface area contributed by atoms with E-state index in [1.807, 2.05) is 23.9 Å². The molecule has 1 amide bonds. The number of amides is 1. The predicted octanol–water partition coefficient (Wildman–Crippen LogP) is 1.55. The Hall–Kier alpha value is -1.86. The molecule has 1 aromatic rings. The van der Waals surface area contributed by atoms with E-state index in [0.717, 1.165) is 0 Å². The number of benzene rings is 1. The molecular formula is C16H22FN3O3. The monoisotopic (exact) mass is 323 g/mol. The van der Waals surface area contributed by atoms with Crippen LogP contribution in [0, 0.1) is 5.82 Å². The molecule has 0 N–H and O–H groups in total. The standard InChI is InChI=1S/C16H22FN3O3/c1-18(2)10-13-11-20(16(21)23-13)12-3-4-15(14(17)9-12)19-5-7-22-8-6-19/h3-4,9,13H,5-8,10-11H2,1-2H3/t13-/m0/s1. The molecule has 0 radical (unpaired) electrons. The highest BCUT2D eigenvalue weighted by atomic mass is 19.1. The quantitative estimate of drug-likeness (QED) is 0.841. The van der Waals surface area contributed by atoms with Crippen molar-refractivity contribution in [1.29, 1.82) is 0 Å². The fourth-order valence-corrected chi connectivity index (χ4v) is 2.96. The summed E-state index contributed by atoms with van der Waals surface area (Å²) in [4.78, 5) is 17.4. The van der Waals surface area contributed by atoms with Crippen LogP contribution in [0.5, 0.6) is 0 Å². The number of carbonyl (C=O) groups excluding carboxylic acids is 1. The summed E-state index contributed by atoms with van der Waals surface area (Å²) < 4.78 is 25.1. The molecule has 126 valence electrons. The Kier molecular flexibility index (Phi) is 4.68. The van der Waals surface area contributed by atoms with Crippen molar-refractivity contribution in [3.05, 3.63) is 24.0 Å². The number of hydrogen-bond donors (Lipinski definition) is 0. The van der Waals surface area contributed by atoms with Crippen LogP contribution >= 0.6 is 0 Å². The second-order valence-electron chi connectivity index (χ2n) is 6.11. The minimum Gasteiger partial charge on any atom is -0.443 e. The highest BCUT2D eigenvalue weighted by Crippen LogP contribution is 2.28. The van der Waals surface area contributed by atoms with Crippen molar-refractivity contribution in [2.75, 3.05) is 63.3 Å². The van der Waals surface area contributed by atoms with Gasteiger partial charge in [0.2, 0.25) is 0 Å². The zero-order valence-electron chi connectivity index (χ0n) is 13.5. The lowest BCUT2D eigenvalue weighted by Gasteiger charge is -2.29. The first-order chi connectivity index (χ1) is 11.0. The molecule has 0 aliphatic carbocycles. The van der Waals surface area contributed by atoms with E-state index < -0.39 is 6.09 Å². The van der Waals surface area contributed by atoms with Gasteiger partial charge in [-0.3, -0.25) is 4.90 Å². The average molecular weight is 323 g/mol. The Morgan fingerprint density at radius 3 is 2.70 bits per heavy atom. The maximum atomic E-state index is 14.5. The summed E-state index contributed by atoms with van der Waals surface area (Å²) in [5.41, 5.74) is 1.08. The van der Waals surface area contributed by atoms with E-state index in [1.165, 1.54) is 11.0 Å². The normalized spacial score (nSPS) is 21.9. The van der Waals surface area contributed by atoms with E-state index in [-0.39, 0.29) is 11.9 Å². The number of carbonyl (C=O) groups is 1. The van der Waals surface area contributed by atoms with Gasteiger partial charge in [-0.15, -0.1) is 0 Å². The molecule has 0 aromatic heterocycles. The molecule has 0 spiro atoms. The molecule has 7 heteroatoms. The lowest BCUT2D eigenvalue weighted by atomic mass is 10.2. The maximum Gasteiger partial charge on any atom is 0.414 e. The molecule has 2 heterocycles. The van der Waals surface area contributed by atoms with E-state index in [9.17, 15) is 9.18 Å². The third kappa shape index (κ3) is 3.56. The summed E-state index contributed by atoms with van der Waals surface area (Å²) in [5.74, 6) is -0.326. The third-order valence-electron chi connectivity index (χ3n) is 4.04. The smallest absolute Gasteiger partial charge is 0.414 e. The summed E-state index contributed by atoms with van der Waals surface area (Å²) in [7, 11) is 3.85. The van der Waals surface area contributed by atoms with E-state index in [2.05, 4.69) is 0 Å². The van der Waals surface area contributed by atoms with Gasteiger partial charge in [0.05, 0.1) is 31.1 Å². The number of ether oxygens (including phenoxy) is 2. The second kappa shape index (κ2) is 6.72. The Balaban J connectivity index is 1.73. The van der Waals surface area contributed by atoms with Crippen molar-refractivity contribution >= 4 is 17.5 Å². The number of cyclic esters (lactones) is 1. The number of rotatable bonds is 4. The van der Waals surface area contributed by atoms with Crippen LogP contribution in [0.15, 0.2) is 18.2 Å². The number of likely N-dealkylation sites (N-methyl/N-ethyl adjacent to an activating group) is 1. The van der Waals surface area contributed by atoms with Crippen LogP contribution in [0.2, 0.25) is 0 Å². The SMILES string of the molecule is CN(C)C[C@H]1CN(c2ccc(N3CCOCC3)c(F)c2)C(=O)O1. The van der Waals surface area contributed by atoms with Crippen LogP contribution in [0.1, 0.15) is 0 Å². The number of hydrogen-bond acceptors (Lipinski definition) is 5. The molecule has 2 aliphatic rings. The Bertz CT molecular complexity index is 576. The van der Waals surface area contributed by atoms with Gasteiger partial charge in [-0.2, -0.15) is 0 Å². The van der Waals surface area contributed by atoms with Gasteiger partial charge in [0.15, 0.2) is 0 Å². The molecule has 0 saturated carbocycles. The van der Waals surface area contributed by atoms with E-state index in [1.54, 1.807) is 12.1 Å².